The summed E-state index contributed by atoms with van der Waals surface area (Å²) in [7, 11) is 0. The summed E-state index contributed by atoms with van der Waals surface area (Å²) in [6.07, 6.45) is 0.830. The number of rotatable bonds is 2. The highest BCUT2D eigenvalue weighted by atomic mass is 16.5. The number of nitrogens with zero attached hydrogens (tertiary/aromatic N) is 2. The molecule has 3 aromatic rings. The first kappa shape index (κ1) is 13.8. The van der Waals surface area contributed by atoms with Crippen molar-refractivity contribution in [3.05, 3.63) is 64.4 Å². The molecule has 0 saturated carbocycles. The lowest BCUT2D eigenvalue weighted by Crippen LogP contribution is -2.39. The van der Waals surface area contributed by atoms with E-state index < -0.39 is 0 Å². The molecule has 1 aliphatic heterocycles. The van der Waals surface area contributed by atoms with Crippen LogP contribution in [0.3, 0.4) is 0 Å². The van der Waals surface area contributed by atoms with E-state index in [4.69, 9.17) is 4.52 Å². The van der Waals surface area contributed by atoms with Gasteiger partial charge in [0.05, 0.1) is 5.39 Å². The Balaban J connectivity index is 1.67. The van der Waals surface area contributed by atoms with Crippen molar-refractivity contribution in [2.24, 2.45) is 0 Å². The molecule has 1 aromatic heterocycles. The summed E-state index contributed by atoms with van der Waals surface area (Å²) >= 11 is 0. The van der Waals surface area contributed by atoms with Gasteiger partial charge in [-0.15, -0.1) is 0 Å². The number of benzene rings is 2. The van der Waals surface area contributed by atoms with Crippen molar-refractivity contribution in [1.82, 2.24) is 4.74 Å². The fraction of sp³-hybridized carbons (Fsp3) is 0.222. The Morgan fingerprint density at radius 2 is 1.91 bits per heavy atom. The van der Waals surface area contributed by atoms with Crippen molar-refractivity contribution in [1.29, 1.82) is 0 Å². The summed E-state index contributed by atoms with van der Waals surface area (Å²) in [5.41, 5.74) is 2.31. The highest BCUT2D eigenvalue weighted by molar-refractivity contribution is 5.96. The molecule has 0 fully saturated rings. The van der Waals surface area contributed by atoms with E-state index >= 15 is 0 Å². The molecule has 0 bridgehead atoms. The Labute approximate surface area is 132 Å². The zero-order chi connectivity index (χ0) is 16.0. The maximum atomic E-state index is 12.7. The van der Waals surface area contributed by atoms with E-state index in [0.29, 0.717) is 11.0 Å². The van der Waals surface area contributed by atoms with Crippen LogP contribution in [-0.2, 0) is 17.8 Å². The van der Waals surface area contributed by atoms with Crippen molar-refractivity contribution >= 4 is 22.6 Å². The summed E-state index contributed by atoms with van der Waals surface area (Å²) < 4.78 is 6.65. The molecule has 0 unspecified atom stereocenters. The molecular weight excluding hydrogens is 292 g/mol. The van der Waals surface area contributed by atoms with Crippen LogP contribution in [0.4, 0.5) is 5.69 Å². The maximum absolute atomic E-state index is 12.7. The fourth-order valence-electron chi connectivity index (χ4n) is 3.27. The molecule has 0 aliphatic carbocycles. The van der Waals surface area contributed by atoms with E-state index in [9.17, 15) is 9.59 Å². The van der Waals surface area contributed by atoms with Crippen LogP contribution < -0.4 is 10.5 Å². The second-order valence-electron chi connectivity index (χ2n) is 5.87. The monoisotopic (exact) mass is 308 g/mol. The van der Waals surface area contributed by atoms with Gasteiger partial charge in [-0.3, -0.25) is 9.59 Å². The Morgan fingerprint density at radius 1 is 1.17 bits per heavy atom. The SMILES string of the molecule is C[C@H]1Cc2ccccc2N1C(=O)Cn1oc2ccccc2c1=O. The molecule has 0 saturated heterocycles. The minimum Gasteiger partial charge on any atom is -0.375 e. The van der Waals surface area contributed by atoms with Gasteiger partial charge < -0.3 is 9.42 Å². The zero-order valence-corrected chi connectivity index (χ0v) is 12.7. The molecule has 4 rings (SSSR count). The first-order valence-electron chi connectivity index (χ1n) is 7.64. The molecule has 5 heteroatoms. The number of para-hydroxylation sites is 2. The van der Waals surface area contributed by atoms with E-state index in [-0.39, 0.29) is 24.1 Å². The Bertz CT molecular complexity index is 954. The van der Waals surface area contributed by atoms with Crippen LogP contribution in [0.15, 0.2) is 57.8 Å². The van der Waals surface area contributed by atoms with Crippen molar-refractivity contribution in [3.8, 4) is 0 Å². The Hall–Kier alpha value is -2.82. The van der Waals surface area contributed by atoms with Gasteiger partial charge in [-0.05, 0) is 37.1 Å². The summed E-state index contributed by atoms with van der Waals surface area (Å²) in [6, 6.07) is 15.0. The molecular formula is C18H16N2O3. The lowest BCUT2D eigenvalue weighted by molar-refractivity contribution is -0.120. The van der Waals surface area contributed by atoms with Gasteiger partial charge in [0.2, 0.25) is 0 Å². The van der Waals surface area contributed by atoms with Gasteiger partial charge in [0, 0.05) is 11.7 Å². The van der Waals surface area contributed by atoms with Gasteiger partial charge in [-0.25, -0.2) is 0 Å². The van der Waals surface area contributed by atoms with E-state index in [2.05, 4.69) is 0 Å². The second-order valence-corrected chi connectivity index (χ2v) is 5.87. The van der Waals surface area contributed by atoms with Crippen LogP contribution in [0, 0.1) is 0 Å². The molecule has 1 amide bonds. The smallest absolute Gasteiger partial charge is 0.290 e. The first-order chi connectivity index (χ1) is 11.1. The number of aromatic nitrogens is 1. The molecule has 5 nitrogen and oxygen atoms in total. The van der Waals surface area contributed by atoms with Gasteiger partial charge in [0.25, 0.3) is 11.5 Å². The van der Waals surface area contributed by atoms with Gasteiger partial charge in [0.15, 0.2) is 5.58 Å². The molecule has 0 spiro atoms. The maximum Gasteiger partial charge on any atom is 0.290 e. The molecule has 2 heterocycles. The van der Waals surface area contributed by atoms with Crippen molar-refractivity contribution in [2.45, 2.75) is 25.9 Å². The van der Waals surface area contributed by atoms with Crippen molar-refractivity contribution < 1.29 is 9.32 Å². The van der Waals surface area contributed by atoms with Crippen LogP contribution in [-0.4, -0.2) is 16.7 Å². The third-order valence-corrected chi connectivity index (χ3v) is 4.31. The van der Waals surface area contributed by atoms with Gasteiger partial charge in [0.1, 0.15) is 6.54 Å². The van der Waals surface area contributed by atoms with Crippen LogP contribution in [0.2, 0.25) is 0 Å². The van der Waals surface area contributed by atoms with Gasteiger partial charge in [-0.2, -0.15) is 4.74 Å². The molecule has 0 N–H and O–H groups in total. The normalized spacial score (nSPS) is 16.7. The fourth-order valence-corrected chi connectivity index (χ4v) is 3.27. The predicted octanol–water partition coefficient (Wildman–Crippen LogP) is 2.57. The van der Waals surface area contributed by atoms with Crippen molar-refractivity contribution in [3.63, 3.8) is 0 Å². The minimum atomic E-state index is -0.269. The quantitative estimate of drug-likeness (QED) is 0.731. The number of carbonyl (C=O) groups excluding carboxylic acids is 1. The molecule has 2 aromatic carbocycles. The number of carbonyl (C=O) groups is 1. The van der Waals surface area contributed by atoms with E-state index in [0.717, 1.165) is 22.4 Å². The van der Waals surface area contributed by atoms with Crippen LogP contribution in [0.5, 0.6) is 0 Å². The van der Waals surface area contributed by atoms with E-state index in [1.807, 2.05) is 31.2 Å². The second kappa shape index (κ2) is 5.12. The van der Waals surface area contributed by atoms with Gasteiger partial charge in [-0.1, -0.05) is 30.3 Å². The summed E-state index contributed by atoms with van der Waals surface area (Å²) in [4.78, 5) is 26.8. The standard InChI is InChI=1S/C18H16N2O3/c1-12-10-13-6-2-4-8-15(13)20(12)17(21)11-19-18(22)14-7-3-5-9-16(14)23-19/h2-9,12H,10-11H2,1H3/t12-/m0/s1. The average molecular weight is 308 g/mol. The molecule has 116 valence electrons. The third kappa shape index (κ3) is 2.16. The summed E-state index contributed by atoms with van der Waals surface area (Å²) in [5, 5.41) is 0.496. The predicted molar refractivity (Wildman–Crippen MR) is 87.6 cm³/mol. The van der Waals surface area contributed by atoms with Crippen molar-refractivity contribution in [2.75, 3.05) is 4.90 Å². The first-order valence-corrected chi connectivity index (χ1v) is 7.64. The Kier molecular flexibility index (Phi) is 3.08. The number of fused-ring (bicyclic) bond motifs is 2. The Morgan fingerprint density at radius 3 is 2.74 bits per heavy atom. The summed E-state index contributed by atoms with van der Waals surface area (Å²) in [5.74, 6) is -0.136. The van der Waals surface area contributed by atoms with Crippen LogP contribution in [0.1, 0.15) is 12.5 Å². The molecule has 23 heavy (non-hydrogen) atoms. The minimum absolute atomic E-state index is 0.0833. The third-order valence-electron chi connectivity index (χ3n) is 4.31. The lowest BCUT2D eigenvalue weighted by atomic mass is 10.1. The number of hydrogen-bond acceptors (Lipinski definition) is 3. The topological polar surface area (TPSA) is 55.5 Å². The van der Waals surface area contributed by atoms with E-state index in [1.165, 1.54) is 0 Å². The van der Waals surface area contributed by atoms with Gasteiger partial charge >= 0.3 is 0 Å². The van der Waals surface area contributed by atoms with Crippen LogP contribution in [0.25, 0.3) is 11.0 Å². The van der Waals surface area contributed by atoms with Crippen LogP contribution >= 0.6 is 0 Å². The molecule has 1 atom stereocenters. The number of hydrogen-bond donors (Lipinski definition) is 0. The van der Waals surface area contributed by atoms with E-state index in [1.54, 1.807) is 29.2 Å². The number of amides is 1. The highest BCUT2D eigenvalue weighted by Gasteiger charge is 2.31. The summed E-state index contributed by atoms with van der Waals surface area (Å²) in [6.45, 7) is 1.92. The molecule has 1 aliphatic rings. The lowest BCUT2D eigenvalue weighted by Gasteiger charge is -2.22. The molecule has 0 radical (unpaired) electrons. The zero-order valence-electron chi connectivity index (χ0n) is 12.7. The highest BCUT2D eigenvalue weighted by Crippen LogP contribution is 2.31. The average Bonchev–Trinajstić information content (AvgIpc) is 3.04. The number of anilines is 1. The largest absolute Gasteiger partial charge is 0.375 e.